The lowest BCUT2D eigenvalue weighted by Crippen LogP contribution is -2.02. The molecule has 0 aliphatic heterocycles. The van der Waals surface area contributed by atoms with Gasteiger partial charge in [0.15, 0.2) is 23.3 Å². The van der Waals surface area contributed by atoms with Crippen LogP contribution in [-0.2, 0) is 0 Å². The van der Waals surface area contributed by atoms with Gasteiger partial charge in [-0.2, -0.15) is 0 Å². The Morgan fingerprint density at radius 1 is 0.345 bits per heavy atom. The zero-order chi connectivity index (χ0) is 39.3. The van der Waals surface area contributed by atoms with Crippen molar-refractivity contribution in [3.8, 4) is 78.9 Å². The van der Waals surface area contributed by atoms with Crippen LogP contribution in [0.2, 0.25) is 0 Å². The molecule has 58 heavy (non-hydrogen) atoms. The molecule has 0 fully saturated rings. The summed E-state index contributed by atoms with van der Waals surface area (Å²) in [5.74, 6) is 2.43. The maximum Gasteiger partial charge on any atom is 0.164 e. The maximum atomic E-state index is 5.01. The molecule has 0 radical (unpaired) electrons. The molecule has 5 nitrogen and oxygen atoms in total. The Hall–Kier alpha value is -7.89. The van der Waals surface area contributed by atoms with Gasteiger partial charge in [0.2, 0.25) is 0 Å². The quantitative estimate of drug-likeness (QED) is 0.131. The highest BCUT2D eigenvalue weighted by atomic mass is 15.0. The minimum absolute atomic E-state index is 0.547. The summed E-state index contributed by atoms with van der Waals surface area (Å²) < 4.78 is 0. The molecular formula is C53H37N5. The topological polar surface area (TPSA) is 64.5 Å². The molecule has 0 amide bonds. The van der Waals surface area contributed by atoms with Gasteiger partial charge < -0.3 is 0 Å². The highest BCUT2D eigenvalue weighted by Gasteiger charge is 2.14. The van der Waals surface area contributed by atoms with Crippen molar-refractivity contribution in [2.75, 3.05) is 0 Å². The third-order valence-corrected chi connectivity index (χ3v) is 10.1. The van der Waals surface area contributed by atoms with Gasteiger partial charge in [-0.05, 0) is 51.2 Å². The predicted octanol–water partition coefficient (Wildman–Crippen LogP) is 13.2. The van der Waals surface area contributed by atoms with E-state index in [0.717, 1.165) is 72.4 Å². The summed E-state index contributed by atoms with van der Waals surface area (Å²) in [7, 11) is 0. The lowest BCUT2D eigenvalue weighted by Gasteiger charge is -2.11. The average molecular weight is 744 g/mol. The first-order valence-electron chi connectivity index (χ1n) is 19.1. The molecule has 0 aliphatic rings. The zero-order valence-electron chi connectivity index (χ0n) is 31.7. The van der Waals surface area contributed by atoms with Crippen LogP contribution in [0.15, 0.2) is 213 Å². The van der Waals surface area contributed by atoms with Crippen LogP contribution in [0.1, 0.15) is 5.82 Å². The van der Waals surface area contributed by atoms with E-state index in [2.05, 4.69) is 128 Å². The molecule has 5 heteroatoms. The van der Waals surface area contributed by atoms with Crippen molar-refractivity contribution in [1.82, 2.24) is 24.9 Å². The fraction of sp³-hybridized carbons (Fsp3) is 0. The van der Waals surface area contributed by atoms with E-state index >= 15 is 0 Å². The molecule has 0 spiro atoms. The van der Waals surface area contributed by atoms with Crippen molar-refractivity contribution in [3.63, 3.8) is 0 Å². The minimum Gasteiger partial charge on any atom is -0.228 e. The third kappa shape index (κ3) is 7.53. The Morgan fingerprint density at radius 3 is 1.19 bits per heavy atom. The summed E-state index contributed by atoms with van der Waals surface area (Å²) in [5, 5.41) is 2.34. The van der Waals surface area contributed by atoms with Gasteiger partial charge in [0.1, 0.15) is 0 Å². The molecule has 2 heterocycles. The standard InChI is InChI=1S/C53H37N5/c1-3-14-36(4-2)50-56-52(42-19-12-7-13-20-42)58-53(57-50)44-29-23-38(24-30-44)46-32-26-39-25-31-45(33-47(39)34-46)37-21-27-43(28-22-37)51-54-48(40-15-8-5-9-16-40)35-49(55-51)41-17-10-6-11-18-41/h3-35H,1-2H2/b36-14+. The van der Waals surface area contributed by atoms with E-state index in [0.29, 0.717) is 23.3 Å². The van der Waals surface area contributed by atoms with Crippen molar-refractivity contribution >= 4 is 16.3 Å². The van der Waals surface area contributed by atoms with E-state index in [1.807, 2.05) is 72.8 Å². The van der Waals surface area contributed by atoms with E-state index in [1.165, 1.54) is 5.39 Å². The molecule has 0 saturated heterocycles. The predicted molar refractivity (Wildman–Crippen MR) is 239 cm³/mol. The van der Waals surface area contributed by atoms with Crippen molar-refractivity contribution < 1.29 is 0 Å². The number of hydrogen-bond acceptors (Lipinski definition) is 5. The molecule has 0 aliphatic carbocycles. The van der Waals surface area contributed by atoms with E-state index in [9.17, 15) is 0 Å². The molecule has 2 aromatic heterocycles. The second kappa shape index (κ2) is 16.1. The second-order valence-corrected chi connectivity index (χ2v) is 13.9. The first-order valence-corrected chi connectivity index (χ1v) is 19.1. The summed E-state index contributed by atoms with van der Waals surface area (Å²) in [6, 6.07) is 62.7. The monoisotopic (exact) mass is 743 g/mol. The molecule has 0 N–H and O–H groups in total. The molecular weight excluding hydrogens is 707 g/mol. The summed E-state index contributed by atoms with van der Waals surface area (Å²) in [5.41, 5.74) is 11.9. The Bertz CT molecular complexity index is 2880. The highest BCUT2D eigenvalue weighted by Crippen LogP contribution is 2.33. The summed E-state index contributed by atoms with van der Waals surface area (Å²) in [6.07, 6.45) is 5.30. The molecule has 0 atom stereocenters. The normalized spacial score (nSPS) is 11.3. The van der Waals surface area contributed by atoms with Crippen molar-refractivity contribution in [1.29, 1.82) is 0 Å². The Kier molecular flexibility index (Phi) is 9.91. The summed E-state index contributed by atoms with van der Waals surface area (Å²) >= 11 is 0. The lowest BCUT2D eigenvalue weighted by atomic mass is 9.96. The van der Waals surface area contributed by atoms with Gasteiger partial charge in [-0.25, -0.2) is 24.9 Å². The largest absolute Gasteiger partial charge is 0.228 e. The fourth-order valence-corrected chi connectivity index (χ4v) is 7.03. The smallest absolute Gasteiger partial charge is 0.164 e. The van der Waals surface area contributed by atoms with Crippen LogP contribution in [0.5, 0.6) is 0 Å². The number of fused-ring (bicyclic) bond motifs is 1. The van der Waals surface area contributed by atoms with E-state index < -0.39 is 0 Å². The number of benzene rings is 7. The van der Waals surface area contributed by atoms with Gasteiger partial charge in [0, 0.05) is 33.4 Å². The van der Waals surface area contributed by atoms with Gasteiger partial charge >= 0.3 is 0 Å². The fourth-order valence-electron chi connectivity index (χ4n) is 7.03. The highest BCUT2D eigenvalue weighted by molar-refractivity contribution is 5.91. The molecule has 0 bridgehead atoms. The Labute approximate surface area is 338 Å². The lowest BCUT2D eigenvalue weighted by molar-refractivity contribution is 1.04. The third-order valence-electron chi connectivity index (χ3n) is 10.1. The maximum absolute atomic E-state index is 5.01. The first-order chi connectivity index (χ1) is 28.6. The molecule has 0 saturated carbocycles. The SMILES string of the molecule is C=C/C=C(\C=C)c1nc(-c2ccccc2)nc(-c2ccc(-c3ccc4ccc(-c5ccc(-c6nc(-c7ccccc7)cc(-c7ccccc7)n6)cc5)cc4c3)cc2)n1. The van der Waals surface area contributed by atoms with Gasteiger partial charge in [-0.15, -0.1) is 0 Å². The van der Waals surface area contributed by atoms with Crippen LogP contribution in [0.25, 0.3) is 95.3 Å². The van der Waals surface area contributed by atoms with Crippen molar-refractivity contribution in [3.05, 3.63) is 219 Å². The van der Waals surface area contributed by atoms with Crippen LogP contribution in [0.4, 0.5) is 0 Å². The number of allylic oxidation sites excluding steroid dienone is 4. The van der Waals surface area contributed by atoms with E-state index in [-0.39, 0.29) is 0 Å². The summed E-state index contributed by atoms with van der Waals surface area (Å²) in [6.45, 7) is 7.81. The Morgan fingerprint density at radius 2 is 0.741 bits per heavy atom. The second-order valence-electron chi connectivity index (χ2n) is 13.9. The van der Waals surface area contributed by atoms with E-state index in [4.69, 9.17) is 24.9 Å². The number of rotatable bonds is 10. The number of hydrogen-bond donors (Lipinski definition) is 0. The van der Waals surface area contributed by atoms with Crippen LogP contribution >= 0.6 is 0 Å². The van der Waals surface area contributed by atoms with Crippen LogP contribution in [0.3, 0.4) is 0 Å². The number of aromatic nitrogens is 5. The summed E-state index contributed by atoms with van der Waals surface area (Å²) in [4.78, 5) is 24.5. The molecule has 9 rings (SSSR count). The molecule has 7 aromatic carbocycles. The van der Waals surface area contributed by atoms with Gasteiger partial charge in [0.05, 0.1) is 11.4 Å². The van der Waals surface area contributed by atoms with Gasteiger partial charge in [-0.3, -0.25) is 0 Å². The molecule has 274 valence electrons. The van der Waals surface area contributed by atoms with Crippen LogP contribution < -0.4 is 0 Å². The van der Waals surface area contributed by atoms with Crippen molar-refractivity contribution in [2.45, 2.75) is 0 Å². The average Bonchev–Trinajstić information content (AvgIpc) is 3.31. The minimum atomic E-state index is 0.547. The number of nitrogens with zero attached hydrogens (tertiary/aromatic N) is 5. The Balaban J connectivity index is 1.01. The van der Waals surface area contributed by atoms with E-state index in [1.54, 1.807) is 12.2 Å². The van der Waals surface area contributed by atoms with Crippen LogP contribution in [-0.4, -0.2) is 24.9 Å². The van der Waals surface area contributed by atoms with Gasteiger partial charge in [-0.1, -0.05) is 195 Å². The van der Waals surface area contributed by atoms with Crippen LogP contribution in [0, 0.1) is 0 Å². The zero-order valence-corrected chi connectivity index (χ0v) is 31.7. The van der Waals surface area contributed by atoms with Gasteiger partial charge in [0.25, 0.3) is 0 Å². The molecule has 0 unspecified atom stereocenters. The first kappa shape index (κ1) is 35.8. The molecule has 9 aromatic rings. The van der Waals surface area contributed by atoms with Crippen molar-refractivity contribution in [2.24, 2.45) is 0 Å².